The Bertz CT molecular complexity index is 1100. The third kappa shape index (κ3) is 6.45. The predicted molar refractivity (Wildman–Crippen MR) is 129 cm³/mol. The van der Waals surface area contributed by atoms with Crippen molar-refractivity contribution in [3.63, 3.8) is 0 Å². The minimum absolute atomic E-state index is 0.220. The number of amides is 3. The van der Waals surface area contributed by atoms with Crippen molar-refractivity contribution in [1.82, 2.24) is 15.6 Å². The number of rotatable bonds is 9. The Labute approximate surface area is 197 Å². The molecule has 8 nitrogen and oxygen atoms in total. The summed E-state index contributed by atoms with van der Waals surface area (Å²) in [6.07, 6.45) is 0. The average Bonchev–Trinajstić information content (AvgIpc) is 3.30. The first kappa shape index (κ1) is 24.1. The van der Waals surface area contributed by atoms with Crippen LogP contribution in [0.1, 0.15) is 46.4 Å². The molecule has 0 radical (unpaired) electrons. The molecule has 1 heterocycles. The summed E-state index contributed by atoms with van der Waals surface area (Å²) in [6, 6.07) is 12.9. The molecule has 0 bridgehead atoms. The number of benzene rings is 2. The first-order chi connectivity index (χ1) is 15.9. The summed E-state index contributed by atoms with van der Waals surface area (Å²) >= 11 is 1.31. The number of methoxy groups -OCH3 is 2. The van der Waals surface area contributed by atoms with Gasteiger partial charge in [0.2, 0.25) is 0 Å². The Balaban J connectivity index is 1.50. The molecule has 33 heavy (non-hydrogen) atoms. The molecule has 0 aliphatic rings. The van der Waals surface area contributed by atoms with Gasteiger partial charge in [-0.3, -0.25) is 4.79 Å². The Morgan fingerprint density at radius 3 is 2.42 bits per heavy atom. The molecule has 1 aromatic heterocycles. The van der Waals surface area contributed by atoms with Gasteiger partial charge in [0, 0.05) is 23.2 Å². The Kier molecular flexibility index (Phi) is 8.26. The summed E-state index contributed by atoms with van der Waals surface area (Å²) in [6.45, 7) is 4.72. The zero-order chi connectivity index (χ0) is 23.8. The first-order valence-corrected chi connectivity index (χ1v) is 11.4. The largest absolute Gasteiger partial charge is 0.493 e. The second-order valence-electron chi connectivity index (χ2n) is 7.55. The molecule has 174 valence electrons. The van der Waals surface area contributed by atoms with Crippen molar-refractivity contribution >= 4 is 29.0 Å². The van der Waals surface area contributed by atoms with Crippen LogP contribution in [0.3, 0.4) is 0 Å². The number of nitrogens with one attached hydrogen (secondary N) is 3. The van der Waals surface area contributed by atoms with Crippen molar-refractivity contribution in [3.8, 4) is 11.5 Å². The van der Waals surface area contributed by atoms with Crippen LogP contribution in [0.15, 0.2) is 47.8 Å². The molecule has 0 spiro atoms. The van der Waals surface area contributed by atoms with Crippen molar-refractivity contribution in [1.29, 1.82) is 0 Å². The lowest BCUT2D eigenvalue weighted by Crippen LogP contribution is -2.28. The molecular weight excluding hydrogens is 440 g/mol. The van der Waals surface area contributed by atoms with E-state index >= 15 is 0 Å². The van der Waals surface area contributed by atoms with Gasteiger partial charge in [0.15, 0.2) is 11.5 Å². The lowest BCUT2D eigenvalue weighted by molar-refractivity contribution is 0.0946. The second-order valence-corrected chi connectivity index (χ2v) is 8.49. The van der Waals surface area contributed by atoms with E-state index in [1.165, 1.54) is 16.9 Å². The fourth-order valence-electron chi connectivity index (χ4n) is 3.14. The van der Waals surface area contributed by atoms with E-state index in [1.54, 1.807) is 25.7 Å². The number of carbonyl (C=O) groups excluding carboxylic acids is 2. The van der Waals surface area contributed by atoms with Gasteiger partial charge in [-0.15, -0.1) is 11.3 Å². The lowest BCUT2D eigenvalue weighted by atomic mass is 10.0. The van der Waals surface area contributed by atoms with Crippen LogP contribution in [-0.2, 0) is 13.1 Å². The van der Waals surface area contributed by atoms with E-state index in [1.807, 2.05) is 36.4 Å². The number of aromatic nitrogens is 1. The normalized spacial score (nSPS) is 10.6. The maximum Gasteiger partial charge on any atom is 0.319 e. The molecule has 3 aromatic rings. The molecule has 0 aliphatic heterocycles. The van der Waals surface area contributed by atoms with E-state index in [0.29, 0.717) is 33.8 Å². The van der Waals surface area contributed by atoms with E-state index < -0.39 is 0 Å². The summed E-state index contributed by atoms with van der Waals surface area (Å²) < 4.78 is 10.7. The quantitative estimate of drug-likeness (QED) is 0.428. The van der Waals surface area contributed by atoms with Gasteiger partial charge in [0.25, 0.3) is 5.91 Å². The van der Waals surface area contributed by atoms with E-state index in [-0.39, 0.29) is 25.0 Å². The van der Waals surface area contributed by atoms with E-state index in [4.69, 9.17) is 9.47 Å². The maximum absolute atomic E-state index is 12.5. The summed E-state index contributed by atoms with van der Waals surface area (Å²) in [5.41, 5.74) is 3.01. The molecule has 0 atom stereocenters. The standard InChI is InChI=1S/C24H28N4O4S/c1-15(2)16-8-10-18(11-9-16)27-24(30)26-13-21-28-19(14-33-21)23(29)25-12-17-6-5-7-20(31-3)22(17)32-4/h5-11,14-15H,12-13H2,1-4H3,(H,25,29)(H2,26,27,30). The molecule has 0 fully saturated rings. The van der Waals surface area contributed by atoms with Crippen LogP contribution < -0.4 is 25.4 Å². The number of nitrogens with zero attached hydrogens (tertiary/aromatic N) is 1. The lowest BCUT2D eigenvalue weighted by Gasteiger charge is -2.12. The summed E-state index contributed by atoms with van der Waals surface area (Å²) in [4.78, 5) is 29.0. The maximum atomic E-state index is 12.5. The molecule has 0 saturated heterocycles. The Hall–Kier alpha value is -3.59. The third-order valence-corrected chi connectivity index (χ3v) is 5.79. The Morgan fingerprint density at radius 1 is 1.00 bits per heavy atom. The molecule has 2 aromatic carbocycles. The van der Waals surface area contributed by atoms with Crippen LogP contribution in [-0.4, -0.2) is 31.1 Å². The highest BCUT2D eigenvalue weighted by Gasteiger charge is 2.14. The number of carbonyl (C=O) groups is 2. The van der Waals surface area contributed by atoms with Crippen molar-refractivity contribution in [3.05, 3.63) is 69.7 Å². The minimum atomic E-state index is -0.335. The number of hydrogen-bond donors (Lipinski definition) is 3. The smallest absolute Gasteiger partial charge is 0.319 e. The van der Waals surface area contributed by atoms with Gasteiger partial charge in [0.05, 0.1) is 20.8 Å². The van der Waals surface area contributed by atoms with Crippen LogP contribution in [0.4, 0.5) is 10.5 Å². The molecule has 3 N–H and O–H groups in total. The van der Waals surface area contributed by atoms with Crippen molar-refractivity contribution in [2.75, 3.05) is 19.5 Å². The Morgan fingerprint density at radius 2 is 1.76 bits per heavy atom. The van der Waals surface area contributed by atoms with Gasteiger partial charge in [-0.1, -0.05) is 38.1 Å². The molecule has 3 rings (SSSR count). The SMILES string of the molecule is COc1cccc(CNC(=O)c2csc(CNC(=O)Nc3ccc(C(C)C)cc3)n2)c1OC. The van der Waals surface area contributed by atoms with Crippen LogP contribution >= 0.6 is 11.3 Å². The first-order valence-electron chi connectivity index (χ1n) is 10.5. The van der Waals surface area contributed by atoms with Gasteiger partial charge in [-0.2, -0.15) is 0 Å². The molecule has 0 unspecified atom stereocenters. The van der Waals surface area contributed by atoms with Gasteiger partial charge >= 0.3 is 6.03 Å². The fourth-order valence-corrected chi connectivity index (χ4v) is 3.85. The fraction of sp³-hybridized carbons (Fsp3) is 0.292. The van der Waals surface area contributed by atoms with Crippen molar-refractivity contribution in [2.24, 2.45) is 0 Å². The van der Waals surface area contributed by atoms with Gasteiger partial charge in [-0.25, -0.2) is 9.78 Å². The molecule has 0 aliphatic carbocycles. The highest BCUT2D eigenvalue weighted by Crippen LogP contribution is 2.30. The average molecular weight is 469 g/mol. The summed E-state index contributed by atoms with van der Waals surface area (Å²) in [5, 5.41) is 10.7. The van der Waals surface area contributed by atoms with Crippen LogP contribution in [0, 0.1) is 0 Å². The zero-order valence-corrected chi connectivity index (χ0v) is 19.9. The zero-order valence-electron chi connectivity index (χ0n) is 19.1. The number of ether oxygens (including phenoxy) is 2. The number of thiazole rings is 1. The molecule has 3 amide bonds. The van der Waals surface area contributed by atoms with Crippen LogP contribution in [0.2, 0.25) is 0 Å². The van der Waals surface area contributed by atoms with Gasteiger partial charge < -0.3 is 25.4 Å². The third-order valence-electron chi connectivity index (χ3n) is 4.94. The number of para-hydroxylation sites is 1. The summed E-state index contributed by atoms with van der Waals surface area (Å²) in [5.74, 6) is 1.30. The highest BCUT2D eigenvalue weighted by atomic mass is 32.1. The van der Waals surface area contributed by atoms with E-state index in [0.717, 1.165) is 5.56 Å². The number of urea groups is 1. The monoisotopic (exact) mass is 468 g/mol. The second kappa shape index (κ2) is 11.3. The highest BCUT2D eigenvalue weighted by molar-refractivity contribution is 7.09. The number of anilines is 1. The minimum Gasteiger partial charge on any atom is -0.493 e. The van der Waals surface area contributed by atoms with Crippen molar-refractivity contribution in [2.45, 2.75) is 32.9 Å². The van der Waals surface area contributed by atoms with Gasteiger partial charge in [-0.05, 0) is 29.7 Å². The summed E-state index contributed by atoms with van der Waals surface area (Å²) in [7, 11) is 3.12. The van der Waals surface area contributed by atoms with Gasteiger partial charge in [0.1, 0.15) is 10.7 Å². The predicted octanol–water partition coefficient (Wildman–Crippen LogP) is 4.54. The van der Waals surface area contributed by atoms with Crippen LogP contribution in [0.25, 0.3) is 0 Å². The molecule has 9 heteroatoms. The van der Waals surface area contributed by atoms with Crippen molar-refractivity contribution < 1.29 is 19.1 Å². The van der Waals surface area contributed by atoms with E-state index in [2.05, 4.69) is 34.8 Å². The van der Waals surface area contributed by atoms with Crippen LogP contribution in [0.5, 0.6) is 11.5 Å². The molecular formula is C24H28N4O4S. The van der Waals surface area contributed by atoms with E-state index in [9.17, 15) is 9.59 Å². The number of hydrogen-bond acceptors (Lipinski definition) is 6. The molecule has 0 saturated carbocycles. The topological polar surface area (TPSA) is 102 Å².